The topological polar surface area (TPSA) is 62.6 Å². The predicted octanol–water partition coefficient (Wildman–Crippen LogP) is 0.949. The summed E-state index contributed by atoms with van der Waals surface area (Å²) in [6.07, 6.45) is 3.31. The van der Waals surface area contributed by atoms with Gasteiger partial charge < -0.3 is 14.6 Å². The summed E-state index contributed by atoms with van der Waals surface area (Å²) in [6, 6.07) is 3.35. The molecule has 5 nitrogen and oxygen atoms in total. The van der Waals surface area contributed by atoms with Gasteiger partial charge in [-0.05, 0) is 18.6 Å². The minimum atomic E-state index is -0.378. The van der Waals surface area contributed by atoms with Gasteiger partial charge in [-0.3, -0.25) is 9.59 Å². The highest BCUT2D eigenvalue weighted by atomic mass is 16.3. The molecule has 2 heterocycles. The number of hydrogen-bond donors (Lipinski definition) is 1. The van der Waals surface area contributed by atoms with Crippen molar-refractivity contribution in [3.05, 3.63) is 24.2 Å². The summed E-state index contributed by atoms with van der Waals surface area (Å²) >= 11 is 0. The molecule has 0 spiro atoms. The van der Waals surface area contributed by atoms with Crippen LogP contribution in [0.15, 0.2) is 22.8 Å². The Balaban J connectivity index is 1.97. The Morgan fingerprint density at radius 3 is 3.00 bits per heavy atom. The van der Waals surface area contributed by atoms with Gasteiger partial charge in [0, 0.05) is 25.9 Å². The molecule has 0 aliphatic carbocycles. The smallest absolute Gasteiger partial charge is 0.245 e. The zero-order valence-corrected chi connectivity index (χ0v) is 10.5. The summed E-state index contributed by atoms with van der Waals surface area (Å²) in [5.41, 5.74) is 0. The number of carbonyl (C=O) groups is 2. The zero-order chi connectivity index (χ0) is 13.0. The van der Waals surface area contributed by atoms with Crippen molar-refractivity contribution in [1.29, 1.82) is 0 Å². The molecule has 0 radical (unpaired) electrons. The van der Waals surface area contributed by atoms with Crippen molar-refractivity contribution >= 4 is 11.8 Å². The van der Waals surface area contributed by atoms with Gasteiger partial charge in [-0.15, -0.1) is 0 Å². The van der Waals surface area contributed by atoms with Crippen LogP contribution in [0.3, 0.4) is 0 Å². The second-order valence-corrected chi connectivity index (χ2v) is 4.43. The molecule has 1 atom stereocenters. The van der Waals surface area contributed by atoms with E-state index in [4.69, 9.17) is 4.42 Å². The third-order valence-corrected chi connectivity index (χ3v) is 3.17. The van der Waals surface area contributed by atoms with E-state index in [0.717, 1.165) is 5.76 Å². The van der Waals surface area contributed by atoms with Gasteiger partial charge in [0.15, 0.2) is 0 Å². The Labute approximate surface area is 106 Å². The molecule has 0 saturated carbocycles. The van der Waals surface area contributed by atoms with Crippen LogP contribution in [-0.2, 0) is 16.0 Å². The van der Waals surface area contributed by atoms with Gasteiger partial charge in [-0.2, -0.15) is 0 Å². The van der Waals surface area contributed by atoms with Crippen LogP contribution in [0.2, 0.25) is 0 Å². The van der Waals surface area contributed by atoms with Crippen molar-refractivity contribution < 1.29 is 14.0 Å². The lowest BCUT2D eigenvalue weighted by molar-refractivity contribution is -0.133. The molecule has 0 aromatic carbocycles. The molecule has 1 aromatic heterocycles. The maximum atomic E-state index is 12.2. The second-order valence-electron chi connectivity index (χ2n) is 4.43. The summed E-state index contributed by atoms with van der Waals surface area (Å²) in [5.74, 6) is 0.824. The van der Waals surface area contributed by atoms with E-state index in [1.54, 1.807) is 11.2 Å². The number of amides is 2. The molecule has 1 saturated heterocycles. The number of nitrogens with one attached hydrogen (secondary N) is 1. The molecule has 1 N–H and O–H groups in total. The summed E-state index contributed by atoms with van der Waals surface area (Å²) in [5, 5.41) is 2.75. The SMILES string of the molecule is CCC1NC(=O)CCN(CCc2ccco2)C1=O. The van der Waals surface area contributed by atoms with Crippen molar-refractivity contribution in [3.8, 4) is 0 Å². The average Bonchev–Trinajstić information content (AvgIpc) is 2.83. The van der Waals surface area contributed by atoms with E-state index in [-0.39, 0.29) is 17.9 Å². The molecular formula is C13H18N2O3. The van der Waals surface area contributed by atoms with Crippen LogP contribution in [0.25, 0.3) is 0 Å². The lowest BCUT2D eigenvalue weighted by Gasteiger charge is -2.22. The highest BCUT2D eigenvalue weighted by molar-refractivity contribution is 5.89. The highest BCUT2D eigenvalue weighted by Gasteiger charge is 2.28. The Morgan fingerprint density at radius 1 is 1.50 bits per heavy atom. The number of hydrogen-bond acceptors (Lipinski definition) is 3. The van der Waals surface area contributed by atoms with Gasteiger partial charge in [0.2, 0.25) is 11.8 Å². The molecule has 0 bridgehead atoms. The van der Waals surface area contributed by atoms with E-state index >= 15 is 0 Å². The van der Waals surface area contributed by atoms with Gasteiger partial charge in [-0.1, -0.05) is 6.92 Å². The largest absolute Gasteiger partial charge is 0.469 e. The quantitative estimate of drug-likeness (QED) is 0.865. The first-order chi connectivity index (χ1) is 8.70. The van der Waals surface area contributed by atoms with Gasteiger partial charge in [0.1, 0.15) is 11.8 Å². The van der Waals surface area contributed by atoms with E-state index in [1.807, 2.05) is 19.1 Å². The Morgan fingerprint density at radius 2 is 2.33 bits per heavy atom. The highest BCUT2D eigenvalue weighted by Crippen LogP contribution is 2.09. The van der Waals surface area contributed by atoms with Gasteiger partial charge in [0.05, 0.1) is 6.26 Å². The van der Waals surface area contributed by atoms with E-state index in [2.05, 4.69) is 5.32 Å². The first-order valence-corrected chi connectivity index (χ1v) is 6.31. The van der Waals surface area contributed by atoms with E-state index in [0.29, 0.717) is 32.4 Å². The molecule has 2 rings (SSSR count). The summed E-state index contributed by atoms with van der Waals surface area (Å²) in [7, 11) is 0. The minimum absolute atomic E-state index is 0.00917. The maximum Gasteiger partial charge on any atom is 0.245 e. The summed E-state index contributed by atoms with van der Waals surface area (Å²) in [6.45, 7) is 2.98. The Bertz CT molecular complexity index is 414. The van der Waals surface area contributed by atoms with Gasteiger partial charge in [0.25, 0.3) is 0 Å². The molecular weight excluding hydrogens is 232 g/mol. The predicted molar refractivity (Wildman–Crippen MR) is 65.8 cm³/mol. The number of carbonyl (C=O) groups excluding carboxylic acids is 2. The summed E-state index contributed by atoms with van der Waals surface area (Å²) in [4.78, 5) is 25.4. The van der Waals surface area contributed by atoms with Crippen LogP contribution in [0, 0.1) is 0 Å². The van der Waals surface area contributed by atoms with Gasteiger partial charge in [-0.25, -0.2) is 0 Å². The molecule has 1 aromatic rings. The van der Waals surface area contributed by atoms with Crippen LogP contribution in [0.5, 0.6) is 0 Å². The zero-order valence-electron chi connectivity index (χ0n) is 10.5. The monoisotopic (exact) mass is 250 g/mol. The van der Waals surface area contributed by atoms with Crippen molar-refractivity contribution in [2.24, 2.45) is 0 Å². The fraction of sp³-hybridized carbons (Fsp3) is 0.538. The molecule has 2 amide bonds. The van der Waals surface area contributed by atoms with Crippen LogP contribution < -0.4 is 5.32 Å². The minimum Gasteiger partial charge on any atom is -0.469 e. The second kappa shape index (κ2) is 5.71. The van der Waals surface area contributed by atoms with Crippen LogP contribution in [0.4, 0.5) is 0 Å². The normalized spacial score (nSPS) is 20.7. The van der Waals surface area contributed by atoms with Crippen LogP contribution >= 0.6 is 0 Å². The Kier molecular flexibility index (Phi) is 4.02. The van der Waals surface area contributed by atoms with Crippen molar-refractivity contribution in [3.63, 3.8) is 0 Å². The molecule has 1 fully saturated rings. The van der Waals surface area contributed by atoms with Crippen molar-refractivity contribution in [2.45, 2.75) is 32.2 Å². The van der Waals surface area contributed by atoms with Crippen molar-refractivity contribution in [1.82, 2.24) is 10.2 Å². The molecule has 1 unspecified atom stereocenters. The van der Waals surface area contributed by atoms with Crippen LogP contribution in [-0.4, -0.2) is 35.8 Å². The molecule has 5 heteroatoms. The number of rotatable bonds is 4. The standard InChI is InChI=1S/C13H18N2O3/c1-2-11-13(17)15(8-6-12(16)14-11)7-5-10-4-3-9-18-10/h3-4,9,11H,2,5-8H2,1H3,(H,14,16). The fourth-order valence-electron chi connectivity index (χ4n) is 2.09. The van der Waals surface area contributed by atoms with E-state index in [9.17, 15) is 9.59 Å². The lowest BCUT2D eigenvalue weighted by Crippen LogP contribution is -2.44. The number of nitrogens with zero attached hydrogens (tertiary/aromatic N) is 1. The van der Waals surface area contributed by atoms with Crippen LogP contribution in [0.1, 0.15) is 25.5 Å². The summed E-state index contributed by atoms with van der Waals surface area (Å²) < 4.78 is 5.24. The Hall–Kier alpha value is -1.78. The molecule has 1 aliphatic heterocycles. The average molecular weight is 250 g/mol. The molecule has 98 valence electrons. The lowest BCUT2D eigenvalue weighted by atomic mass is 10.2. The number of furan rings is 1. The van der Waals surface area contributed by atoms with Gasteiger partial charge >= 0.3 is 0 Å². The third-order valence-electron chi connectivity index (χ3n) is 3.17. The first kappa shape index (κ1) is 12.7. The fourth-order valence-corrected chi connectivity index (χ4v) is 2.09. The van der Waals surface area contributed by atoms with Crippen molar-refractivity contribution in [2.75, 3.05) is 13.1 Å². The molecule has 1 aliphatic rings. The van der Waals surface area contributed by atoms with E-state index < -0.39 is 0 Å². The maximum absolute atomic E-state index is 12.2. The molecule has 18 heavy (non-hydrogen) atoms. The van der Waals surface area contributed by atoms with E-state index in [1.165, 1.54) is 0 Å². The first-order valence-electron chi connectivity index (χ1n) is 6.31. The third kappa shape index (κ3) is 2.91.